The molecule has 4 atom stereocenters. The van der Waals surface area contributed by atoms with E-state index in [2.05, 4.69) is 29.8 Å². The Morgan fingerprint density at radius 1 is 0.917 bits per heavy atom. The average Bonchev–Trinajstić information content (AvgIpc) is 3.78. The third kappa shape index (κ3) is 12.3. The van der Waals surface area contributed by atoms with Crippen LogP contribution < -0.4 is 21.7 Å². The van der Waals surface area contributed by atoms with Crippen molar-refractivity contribution in [2.75, 3.05) is 25.4 Å². The van der Waals surface area contributed by atoms with Crippen LogP contribution in [0.3, 0.4) is 0 Å². The molecule has 1 saturated heterocycles. The third-order valence-electron chi connectivity index (χ3n) is 9.84. The molecule has 2 aliphatic rings. The van der Waals surface area contributed by atoms with E-state index >= 15 is 0 Å². The quantitative estimate of drug-likeness (QED) is 0.178. The molecule has 0 aromatic carbocycles. The number of amides is 5. The Bertz CT molecular complexity index is 1280. The van der Waals surface area contributed by atoms with Gasteiger partial charge in [-0.25, -0.2) is 13.2 Å². The van der Waals surface area contributed by atoms with E-state index in [0.29, 0.717) is 25.8 Å². The number of carbonyl (C=O) groups is 5. The largest absolute Gasteiger partial charge is 0.363 e. The molecule has 48 heavy (non-hydrogen) atoms. The minimum Gasteiger partial charge on any atom is -0.363 e. The van der Waals surface area contributed by atoms with Gasteiger partial charge in [-0.05, 0) is 54.8 Å². The van der Waals surface area contributed by atoms with E-state index in [4.69, 9.17) is 5.73 Å². The van der Waals surface area contributed by atoms with Crippen molar-refractivity contribution in [1.29, 1.82) is 0 Å². The highest BCUT2D eigenvalue weighted by Crippen LogP contribution is 2.34. The topological polar surface area (TPSA) is 188 Å². The van der Waals surface area contributed by atoms with Crippen molar-refractivity contribution < 1.29 is 32.4 Å². The molecule has 1 unspecified atom stereocenters. The SMILES string of the molecule is CCC(C)(C)CCN(C(=O)[C@@H](NC(=O)N[C@H](CN1CCCCS1(=O)=O)C(C)(C)C)C(C)(C)C)[C@@H](C)C(=O)NC(CC1CC1)C(=O)C(N)=O. The molecule has 5 amide bonds. The molecule has 5 N–H and O–H groups in total. The number of nitrogens with two attached hydrogens (primary N) is 1. The summed E-state index contributed by atoms with van der Waals surface area (Å²) in [5, 5.41) is 8.48. The summed E-state index contributed by atoms with van der Waals surface area (Å²) in [6.45, 7) is 19.6. The molecule has 1 aliphatic heterocycles. The van der Waals surface area contributed by atoms with E-state index in [1.807, 2.05) is 48.5 Å². The van der Waals surface area contributed by atoms with Crippen molar-refractivity contribution in [1.82, 2.24) is 25.2 Å². The summed E-state index contributed by atoms with van der Waals surface area (Å²) in [4.78, 5) is 67.5. The van der Waals surface area contributed by atoms with Crippen LogP contribution in [0.1, 0.15) is 114 Å². The van der Waals surface area contributed by atoms with Crippen LogP contribution in [-0.4, -0.2) is 96.7 Å². The molecule has 0 aromatic heterocycles. The second-order valence-electron chi connectivity index (χ2n) is 16.7. The smallest absolute Gasteiger partial charge is 0.315 e. The van der Waals surface area contributed by atoms with Gasteiger partial charge in [-0.15, -0.1) is 0 Å². The number of Topliss-reactive ketones (excluding diaryl/α,β-unsaturated/α-hetero) is 1. The number of hydrogen-bond acceptors (Lipinski definition) is 7. The first kappa shape index (κ1) is 41.4. The van der Waals surface area contributed by atoms with Gasteiger partial charge in [0.1, 0.15) is 12.1 Å². The van der Waals surface area contributed by atoms with E-state index in [1.165, 1.54) is 9.21 Å². The monoisotopic (exact) mass is 698 g/mol. The van der Waals surface area contributed by atoms with Crippen LogP contribution in [0.25, 0.3) is 0 Å². The lowest BCUT2D eigenvalue weighted by Gasteiger charge is -2.40. The molecule has 0 aromatic rings. The van der Waals surface area contributed by atoms with Crippen molar-refractivity contribution in [3.63, 3.8) is 0 Å². The first-order valence-corrected chi connectivity index (χ1v) is 19.0. The number of carbonyl (C=O) groups excluding carboxylic acids is 5. The molecule has 1 aliphatic carbocycles. The maximum Gasteiger partial charge on any atom is 0.315 e. The van der Waals surface area contributed by atoms with Crippen molar-refractivity contribution >= 4 is 39.6 Å². The molecular formula is C34H62N6O7S. The van der Waals surface area contributed by atoms with E-state index < -0.39 is 74.6 Å². The Kier molecular flexibility index (Phi) is 14.1. The Labute approximate surface area is 288 Å². The van der Waals surface area contributed by atoms with Gasteiger partial charge < -0.3 is 26.6 Å². The molecule has 0 radical (unpaired) electrons. The zero-order chi connectivity index (χ0) is 36.8. The summed E-state index contributed by atoms with van der Waals surface area (Å²) >= 11 is 0. The van der Waals surface area contributed by atoms with Gasteiger partial charge in [0, 0.05) is 25.7 Å². The summed E-state index contributed by atoms with van der Waals surface area (Å²) in [6, 6.07) is -4.35. The van der Waals surface area contributed by atoms with Crippen LogP contribution in [-0.2, 0) is 29.2 Å². The van der Waals surface area contributed by atoms with Crippen molar-refractivity contribution in [2.24, 2.45) is 27.9 Å². The molecular weight excluding hydrogens is 636 g/mol. The normalized spacial score (nSPS) is 19.7. The highest BCUT2D eigenvalue weighted by Gasteiger charge is 2.41. The second kappa shape index (κ2) is 16.3. The molecule has 1 saturated carbocycles. The lowest BCUT2D eigenvalue weighted by Crippen LogP contribution is -2.63. The zero-order valence-corrected chi connectivity index (χ0v) is 31.7. The van der Waals surface area contributed by atoms with E-state index in [0.717, 1.165) is 25.7 Å². The fourth-order valence-corrected chi connectivity index (χ4v) is 7.16. The fraction of sp³-hybridized carbons (Fsp3) is 0.853. The predicted octanol–water partition coefficient (Wildman–Crippen LogP) is 2.92. The Morgan fingerprint density at radius 3 is 2.00 bits per heavy atom. The van der Waals surface area contributed by atoms with E-state index in [-0.39, 0.29) is 30.2 Å². The summed E-state index contributed by atoms with van der Waals surface area (Å²) < 4.78 is 26.9. The molecule has 0 spiro atoms. The van der Waals surface area contributed by atoms with Gasteiger partial charge in [0.25, 0.3) is 5.91 Å². The molecule has 276 valence electrons. The molecule has 0 bridgehead atoms. The maximum atomic E-state index is 14.5. The van der Waals surface area contributed by atoms with E-state index in [9.17, 15) is 32.4 Å². The highest BCUT2D eigenvalue weighted by atomic mass is 32.2. The van der Waals surface area contributed by atoms with Gasteiger partial charge in [0.05, 0.1) is 11.8 Å². The maximum absolute atomic E-state index is 14.5. The van der Waals surface area contributed by atoms with Gasteiger partial charge in [0.2, 0.25) is 27.6 Å². The molecule has 13 nitrogen and oxygen atoms in total. The first-order valence-electron chi connectivity index (χ1n) is 17.4. The van der Waals surface area contributed by atoms with Crippen LogP contribution in [0, 0.1) is 22.2 Å². The number of hydrogen-bond donors (Lipinski definition) is 4. The lowest BCUT2D eigenvalue weighted by molar-refractivity contribution is -0.145. The van der Waals surface area contributed by atoms with Crippen molar-refractivity contribution in [2.45, 2.75) is 138 Å². The van der Waals surface area contributed by atoms with Gasteiger partial charge >= 0.3 is 6.03 Å². The van der Waals surface area contributed by atoms with Crippen LogP contribution >= 0.6 is 0 Å². The van der Waals surface area contributed by atoms with Crippen molar-refractivity contribution in [3.05, 3.63) is 0 Å². The van der Waals surface area contributed by atoms with E-state index in [1.54, 1.807) is 6.92 Å². The zero-order valence-electron chi connectivity index (χ0n) is 30.9. The molecule has 2 rings (SSSR count). The van der Waals surface area contributed by atoms with Crippen LogP contribution in [0.4, 0.5) is 4.79 Å². The molecule has 14 heteroatoms. The number of ketones is 1. The number of urea groups is 1. The van der Waals surface area contributed by atoms with Gasteiger partial charge in [-0.1, -0.05) is 81.6 Å². The Morgan fingerprint density at radius 2 is 1.52 bits per heavy atom. The third-order valence-corrected chi connectivity index (χ3v) is 11.8. The van der Waals surface area contributed by atoms with Crippen LogP contribution in [0.2, 0.25) is 0 Å². The molecule has 2 fully saturated rings. The summed E-state index contributed by atoms with van der Waals surface area (Å²) in [5.74, 6) is -2.77. The Hall–Kier alpha value is -2.74. The number of nitrogens with zero attached hydrogens (tertiary/aromatic N) is 2. The van der Waals surface area contributed by atoms with Crippen molar-refractivity contribution in [3.8, 4) is 0 Å². The van der Waals surface area contributed by atoms with Gasteiger partial charge in [-0.2, -0.15) is 4.31 Å². The summed E-state index contributed by atoms with van der Waals surface area (Å²) in [6.07, 6.45) is 4.85. The fourth-order valence-electron chi connectivity index (χ4n) is 5.55. The number of nitrogens with one attached hydrogen (secondary N) is 3. The van der Waals surface area contributed by atoms with Gasteiger partial charge in [0.15, 0.2) is 0 Å². The Balaban J connectivity index is 2.35. The number of sulfonamides is 1. The first-order chi connectivity index (χ1) is 21.9. The minimum absolute atomic E-state index is 0.0745. The van der Waals surface area contributed by atoms with Gasteiger partial charge in [-0.3, -0.25) is 19.2 Å². The summed E-state index contributed by atoms with van der Waals surface area (Å²) in [5.41, 5.74) is 3.84. The number of rotatable bonds is 16. The second-order valence-corrected chi connectivity index (χ2v) is 18.7. The van der Waals surface area contributed by atoms with Crippen LogP contribution in [0.15, 0.2) is 0 Å². The number of primary amides is 1. The van der Waals surface area contributed by atoms with Crippen LogP contribution in [0.5, 0.6) is 0 Å². The highest BCUT2D eigenvalue weighted by molar-refractivity contribution is 7.89. The standard InChI is InChI=1S/C34H62N6O7S/c1-11-34(9,10)16-18-40(22(2)29(43)36-24(20-23-14-15-23)26(41)28(35)42)30(44)27(33(6,7)8)38-31(45)37-25(32(3,4)5)21-39-17-12-13-19-48(39,46)47/h22-25,27H,11-21H2,1-10H3,(H2,35,42)(H,36,43)(H2,37,38,45)/t22-,24?,25+,27+/m0/s1. The summed E-state index contributed by atoms with van der Waals surface area (Å²) in [7, 11) is -3.43. The predicted molar refractivity (Wildman–Crippen MR) is 186 cm³/mol. The average molecular weight is 699 g/mol. The minimum atomic E-state index is -3.43. The lowest BCUT2D eigenvalue weighted by atomic mass is 9.84. The molecule has 1 heterocycles.